The number of nitrogens with one attached hydrogen (secondary N) is 1. The van der Waals surface area contributed by atoms with Crippen molar-refractivity contribution >= 4 is 12.0 Å². The van der Waals surface area contributed by atoms with E-state index < -0.39 is 11.7 Å². The van der Waals surface area contributed by atoms with Gasteiger partial charge in [-0.15, -0.1) is 0 Å². The fourth-order valence-corrected chi connectivity index (χ4v) is 5.89. The molecule has 2 fully saturated rings. The van der Waals surface area contributed by atoms with Crippen LogP contribution in [0.15, 0.2) is 48.8 Å². The van der Waals surface area contributed by atoms with Crippen molar-refractivity contribution < 1.29 is 19.4 Å². The van der Waals surface area contributed by atoms with Crippen molar-refractivity contribution in [1.82, 2.24) is 15.2 Å². The van der Waals surface area contributed by atoms with Crippen molar-refractivity contribution in [2.75, 3.05) is 26.7 Å². The fourth-order valence-electron chi connectivity index (χ4n) is 5.89. The molecule has 4 N–H and O–H groups in total. The summed E-state index contributed by atoms with van der Waals surface area (Å²) < 4.78 is 4.69. The van der Waals surface area contributed by atoms with Gasteiger partial charge in [-0.2, -0.15) is 0 Å². The van der Waals surface area contributed by atoms with Gasteiger partial charge in [0.1, 0.15) is 0 Å². The zero-order valence-corrected chi connectivity index (χ0v) is 21.1. The Morgan fingerprint density at radius 1 is 1.19 bits per heavy atom. The Morgan fingerprint density at radius 3 is 2.69 bits per heavy atom. The van der Waals surface area contributed by atoms with Crippen molar-refractivity contribution in [2.24, 2.45) is 17.6 Å². The van der Waals surface area contributed by atoms with Crippen LogP contribution in [0.3, 0.4) is 0 Å². The Morgan fingerprint density at radius 2 is 1.97 bits per heavy atom. The fraction of sp³-hybridized carbons (Fsp3) is 0.536. The van der Waals surface area contributed by atoms with Gasteiger partial charge >= 0.3 is 6.09 Å². The maximum atomic E-state index is 13.3. The molecule has 8 nitrogen and oxygen atoms in total. The van der Waals surface area contributed by atoms with Gasteiger partial charge in [0.25, 0.3) is 0 Å². The van der Waals surface area contributed by atoms with Crippen LogP contribution < -0.4 is 11.1 Å². The molecular weight excluding hydrogens is 456 g/mol. The summed E-state index contributed by atoms with van der Waals surface area (Å²) in [7, 11) is 1.33. The average Bonchev–Trinajstić information content (AvgIpc) is 3.37. The van der Waals surface area contributed by atoms with E-state index in [2.05, 4.69) is 15.0 Å². The molecule has 0 radical (unpaired) electrons. The van der Waals surface area contributed by atoms with Crippen molar-refractivity contribution in [3.8, 4) is 11.1 Å². The van der Waals surface area contributed by atoms with Crippen molar-refractivity contribution in [1.29, 1.82) is 0 Å². The normalized spacial score (nSPS) is 23.6. The molecule has 0 spiro atoms. The van der Waals surface area contributed by atoms with Crippen LogP contribution in [0.4, 0.5) is 4.79 Å². The van der Waals surface area contributed by atoms with E-state index in [1.54, 1.807) is 12.4 Å². The van der Waals surface area contributed by atoms with E-state index in [1.165, 1.54) is 7.11 Å². The second kappa shape index (κ2) is 11.8. The van der Waals surface area contributed by atoms with Gasteiger partial charge in [0.2, 0.25) is 5.91 Å². The Hall–Kier alpha value is -2.97. The molecule has 0 bridgehead atoms. The second-order valence-corrected chi connectivity index (χ2v) is 10.1. The summed E-state index contributed by atoms with van der Waals surface area (Å²) in [6.45, 7) is 1.62. The van der Waals surface area contributed by atoms with Crippen LogP contribution in [0.25, 0.3) is 11.1 Å². The molecule has 1 aromatic carbocycles. The molecule has 1 saturated heterocycles. The van der Waals surface area contributed by atoms with Gasteiger partial charge < -0.3 is 25.8 Å². The zero-order valence-electron chi connectivity index (χ0n) is 21.1. The minimum atomic E-state index is -1.18. The van der Waals surface area contributed by atoms with E-state index in [0.717, 1.165) is 48.8 Å². The van der Waals surface area contributed by atoms with Gasteiger partial charge in [-0.3, -0.25) is 9.78 Å². The number of likely N-dealkylation sites (tertiary alicyclic amines) is 1. The topological polar surface area (TPSA) is 118 Å². The summed E-state index contributed by atoms with van der Waals surface area (Å²) in [5.41, 5.74) is 7.68. The molecule has 36 heavy (non-hydrogen) atoms. The van der Waals surface area contributed by atoms with E-state index in [1.807, 2.05) is 41.3 Å². The highest BCUT2D eigenvalue weighted by molar-refractivity contribution is 5.79. The minimum absolute atomic E-state index is 0.0137. The number of nitrogens with two attached hydrogens (primary N) is 1. The van der Waals surface area contributed by atoms with Gasteiger partial charge in [-0.05, 0) is 73.8 Å². The number of carbonyl (C=O) groups excluding carboxylic acids is 2. The quantitative estimate of drug-likeness (QED) is 0.484. The van der Waals surface area contributed by atoms with Crippen LogP contribution in [-0.2, 0) is 15.1 Å². The number of aliphatic hydroxyl groups is 1. The molecular formula is C28H38N4O4. The van der Waals surface area contributed by atoms with Crippen LogP contribution in [0.2, 0.25) is 0 Å². The number of methoxy groups -OCH3 is 1. The van der Waals surface area contributed by atoms with Crippen LogP contribution in [0, 0.1) is 11.8 Å². The number of piperidine rings is 1. The second-order valence-electron chi connectivity index (χ2n) is 10.1. The highest BCUT2D eigenvalue weighted by Gasteiger charge is 2.43. The monoisotopic (exact) mass is 494 g/mol. The van der Waals surface area contributed by atoms with Crippen molar-refractivity contribution in [3.05, 3.63) is 54.4 Å². The third-order valence-electron chi connectivity index (χ3n) is 7.81. The number of hydrogen-bond acceptors (Lipinski definition) is 6. The highest BCUT2D eigenvalue weighted by atomic mass is 16.5. The van der Waals surface area contributed by atoms with E-state index in [4.69, 9.17) is 5.73 Å². The molecule has 8 heteroatoms. The summed E-state index contributed by atoms with van der Waals surface area (Å²) in [6.07, 6.45) is 8.17. The third kappa shape index (κ3) is 5.87. The predicted octanol–water partition coefficient (Wildman–Crippen LogP) is 3.44. The summed E-state index contributed by atoms with van der Waals surface area (Å²) in [4.78, 5) is 31.0. The summed E-state index contributed by atoms with van der Waals surface area (Å²) in [6, 6.07) is 11.9. The zero-order chi connectivity index (χ0) is 25.5. The van der Waals surface area contributed by atoms with E-state index in [0.29, 0.717) is 32.5 Å². The Labute approximate surface area is 213 Å². The summed E-state index contributed by atoms with van der Waals surface area (Å²) in [5, 5.41) is 15.2. The first-order chi connectivity index (χ1) is 17.4. The third-order valence-corrected chi connectivity index (χ3v) is 7.81. The number of hydrogen-bond donors (Lipinski definition) is 3. The first-order valence-electron chi connectivity index (χ1n) is 13.0. The number of alkyl carbamates (subject to hydrolysis) is 1. The number of pyridine rings is 1. The molecule has 2 heterocycles. The van der Waals surface area contributed by atoms with Crippen LogP contribution in [0.1, 0.15) is 50.5 Å². The van der Waals surface area contributed by atoms with Crippen molar-refractivity contribution in [2.45, 2.75) is 56.6 Å². The molecule has 1 aliphatic heterocycles. The van der Waals surface area contributed by atoms with Crippen LogP contribution in [-0.4, -0.2) is 59.8 Å². The molecule has 2 aliphatic rings. The number of rotatable bonds is 8. The van der Waals surface area contributed by atoms with Crippen LogP contribution in [0.5, 0.6) is 0 Å². The maximum Gasteiger partial charge on any atom is 0.406 e. The van der Waals surface area contributed by atoms with Gasteiger partial charge in [0.05, 0.1) is 12.7 Å². The molecule has 1 saturated carbocycles. The van der Waals surface area contributed by atoms with Gasteiger partial charge in [0.15, 0.2) is 0 Å². The summed E-state index contributed by atoms with van der Waals surface area (Å²) >= 11 is 0. The smallest absolute Gasteiger partial charge is 0.406 e. The van der Waals surface area contributed by atoms with Gasteiger partial charge in [-0.25, -0.2) is 4.79 Å². The lowest BCUT2D eigenvalue weighted by Gasteiger charge is -2.44. The first kappa shape index (κ1) is 26.1. The predicted molar refractivity (Wildman–Crippen MR) is 138 cm³/mol. The first-order valence-corrected chi connectivity index (χ1v) is 13.0. The molecule has 1 unspecified atom stereocenters. The van der Waals surface area contributed by atoms with E-state index in [9.17, 15) is 14.7 Å². The van der Waals surface area contributed by atoms with E-state index in [-0.39, 0.29) is 23.8 Å². The SMILES string of the molecule is COC(=O)NCCCC(O)(c1ccccc1-c1ccncc1)[C@@H]1CCCN(C(=O)[C@@H]2CC[C@H](N)C2)C1. The number of aromatic nitrogens is 1. The Balaban J connectivity index is 1.61. The lowest BCUT2D eigenvalue weighted by atomic mass is 9.72. The largest absolute Gasteiger partial charge is 0.453 e. The molecule has 4 atom stereocenters. The number of amides is 2. The number of carbonyl (C=O) groups is 2. The number of nitrogens with zero attached hydrogens (tertiary/aromatic N) is 2. The molecule has 4 rings (SSSR count). The highest BCUT2D eigenvalue weighted by Crippen LogP contribution is 2.43. The van der Waals surface area contributed by atoms with Crippen LogP contribution >= 0.6 is 0 Å². The number of benzene rings is 1. The molecule has 2 amide bonds. The lowest BCUT2D eigenvalue weighted by molar-refractivity contribution is -0.140. The lowest BCUT2D eigenvalue weighted by Crippen LogP contribution is -2.49. The Bertz CT molecular complexity index is 1030. The maximum absolute atomic E-state index is 13.3. The minimum Gasteiger partial charge on any atom is -0.453 e. The summed E-state index contributed by atoms with van der Waals surface area (Å²) in [5.74, 6) is 0.0244. The van der Waals surface area contributed by atoms with E-state index >= 15 is 0 Å². The van der Waals surface area contributed by atoms with Crippen molar-refractivity contribution in [3.63, 3.8) is 0 Å². The van der Waals surface area contributed by atoms with Gasteiger partial charge in [0, 0.05) is 49.9 Å². The number of ether oxygens (including phenoxy) is 1. The Kier molecular flexibility index (Phi) is 8.59. The van der Waals surface area contributed by atoms with Gasteiger partial charge in [-0.1, -0.05) is 24.3 Å². The standard InChI is InChI=1S/C28H38N4O4/c1-36-27(34)31-14-5-13-28(35,25-8-3-2-7-24(25)20-11-15-30-16-12-20)22-6-4-17-32(19-22)26(33)21-9-10-23(29)18-21/h2-3,7-8,11-12,15-16,21-23,35H,4-6,9-10,13-14,17-19,29H2,1H3,(H,31,34)/t21-,22-,23+,28?/m1/s1. The molecule has 1 aromatic heterocycles. The molecule has 1 aliphatic carbocycles. The molecule has 194 valence electrons. The average molecular weight is 495 g/mol. The molecule has 2 aromatic rings.